The molecule has 1 fully saturated rings. The van der Waals surface area contributed by atoms with Gasteiger partial charge in [-0.3, -0.25) is 9.78 Å². The molecule has 0 unspecified atom stereocenters. The van der Waals surface area contributed by atoms with E-state index < -0.39 is 0 Å². The summed E-state index contributed by atoms with van der Waals surface area (Å²) in [6, 6.07) is 3.80. The lowest BCUT2D eigenvalue weighted by atomic mass is 9.97. The van der Waals surface area contributed by atoms with Crippen molar-refractivity contribution in [3.8, 4) is 0 Å². The van der Waals surface area contributed by atoms with Gasteiger partial charge in [-0.25, -0.2) is 4.98 Å². The second kappa shape index (κ2) is 7.07. The Morgan fingerprint density at radius 1 is 1.45 bits per heavy atom. The van der Waals surface area contributed by atoms with Crippen LogP contribution in [0.5, 0.6) is 0 Å². The Balaban J connectivity index is 1.56. The van der Waals surface area contributed by atoms with Crippen LogP contribution in [0.15, 0.2) is 30.7 Å². The van der Waals surface area contributed by atoms with Gasteiger partial charge in [-0.1, -0.05) is 11.6 Å². The summed E-state index contributed by atoms with van der Waals surface area (Å²) < 4.78 is 0.746. The minimum absolute atomic E-state index is 0.00816. The number of halogens is 1. The van der Waals surface area contributed by atoms with E-state index >= 15 is 0 Å². The highest BCUT2D eigenvalue weighted by Crippen LogP contribution is 2.23. The molecule has 116 valence electrons. The summed E-state index contributed by atoms with van der Waals surface area (Å²) in [7, 11) is 0. The van der Waals surface area contributed by atoms with Gasteiger partial charge in [-0.15, -0.1) is 11.3 Å². The summed E-state index contributed by atoms with van der Waals surface area (Å²) in [6.45, 7) is 2.15. The molecule has 0 bridgehead atoms. The van der Waals surface area contributed by atoms with Crippen LogP contribution in [-0.2, 0) is 11.3 Å². The minimum atomic E-state index is -0.00816. The van der Waals surface area contributed by atoms with Gasteiger partial charge in [0.2, 0.25) is 5.91 Å². The topological polar surface area (TPSA) is 58.1 Å². The molecule has 1 N–H and O–H groups in total. The van der Waals surface area contributed by atoms with Crippen molar-refractivity contribution in [3.05, 3.63) is 39.9 Å². The van der Waals surface area contributed by atoms with Crippen LogP contribution >= 0.6 is 22.9 Å². The maximum Gasteiger partial charge on any atom is 0.225 e. The number of piperidine rings is 1. The minimum Gasteiger partial charge on any atom is -0.355 e. The molecule has 22 heavy (non-hydrogen) atoms. The van der Waals surface area contributed by atoms with Crippen molar-refractivity contribution in [1.82, 2.24) is 15.3 Å². The van der Waals surface area contributed by atoms with Crippen LogP contribution < -0.4 is 10.2 Å². The maximum absolute atomic E-state index is 12.4. The fourth-order valence-corrected chi connectivity index (χ4v) is 3.65. The molecule has 2 aromatic rings. The van der Waals surface area contributed by atoms with E-state index in [9.17, 15) is 4.79 Å². The lowest BCUT2D eigenvalue weighted by Crippen LogP contribution is -2.43. The van der Waals surface area contributed by atoms with E-state index in [1.165, 1.54) is 11.3 Å². The quantitative estimate of drug-likeness (QED) is 0.932. The molecule has 0 aliphatic carbocycles. The summed E-state index contributed by atoms with van der Waals surface area (Å²) in [4.78, 5) is 24.0. The largest absolute Gasteiger partial charge is 0.355 e. The zero-order valence-electron chi connectivity index (χ0n) is 12.0. The number of carbonyl (C=O) groups is 1. The number of nitrogens with zero attached hydrogens (tertiary/aromatic N) is 3. The molecule has 5 nitrogen and oxygen atoms in total. The Bertz CT molecular complexity index is 633. The molecular formula is C15H17ClN4OS. The highest BCUT2D eigenvalue weighted by Gasteiger charge is 2.26. The third-order valence-electron chi connectivity index (χ3n) is 3.73. The molecular weight excluding hydrogens is 320 g/mol. The van der Waals surface area contributed by atoms with Gasteiger partial charge in [-0.05, 0) is 25.0 Å². The first-order valence-corrected chi connectivity index (χ1v) is 8.45. The predicted molar refractivity (Wildman–Crippen MR) is 88.1 cm³/mol. The van der Waals surface area contributed by atoms with Gasteiger partial charge in [0.1, 0.15) is 5.82 Å². The Hall–Kier alpha value is -1.66. The normalized spacial score (nSPS) is 18.2. The number of rotatable bonds is 4. The van der Waals surface area contributed by atoms with Crippen molar-refractivity contribution in [2.45, 2.75) is 19.4 Å². The van der Waals surface area contributed by atoms with Gasteiger partial charge in [-0.2, -0.15) is 0 Å². The molecule has 3 heterocycles. The molecule has 2 aromatic heterocycles. The van der Waals surface area contributed by atoms with E-state index in [1.54, 1.807) is 18.6 Å². The smallest absolute Gasteiger partial charge is 0.225 e. The number of thiophene rings is 1. The molecule has 1 atom stereocenters. The summed E-state index contributed by atoms with van der Waals surface area (Å²) >= 11 is 7.39. The molecule has 1 aliphatic heterocycles. The average molecular weight is 337 g/mol. The summed E-state index contributed by atoms with van der Waals surface area (Å²) in [6.07, 6.45) is 6.98. The number of carbonyl (C=O) groups excluding carboxylic acids is 1. The second-order valence-corrected chi connectivity index (χ2v) is 7.07. The maximum atomic E-state index is 12.4. The molecule has 0 saturated carbocycles. The fraction of sp³-hybridized carbons (Fsp3) is 0.400. The first-order valence-electron chi connectivity index (χ1n) is 7.25. The van der Waals surface area contributed by atoms with Gasteiger partial charge < -0.3 is 10.2 Å². The second-order valence-electron chi connectivity index (χ2n) is 5.27. The summed E-state index contributed by atoms with van der Waals surface area (Å²) in [5, 5.41) is 3.00. The van der Waals surface area contributed by atoms with Crippen molar-refractivity contribution in [2.75, 3.05) is 18.0 Å². The number of amides is 1. The van der Waals surface area contributed by atoms with Crippen LogP contribution in [0.3, 0.4) is 0 Å². The van der Waals surface area contributed by atoms with Crippen LogP contribution in [0.1, 0.15) is 17.7 Å². The number of hydrogen-bond donors (Lipinski definition) is 1. The van der Waals surface area contributed by atoms with Crippen LogP contribution in [0, 0.1) is 5.92 Å². The Morgan fingerprint density at radius 2 is 2.36 bits per heavy atom. The first-order chi connectivity index (χ1) is 10.7. The predicted octanol–water partition coefficient (Wildman–Crippen LogP) is 2.72. The van der Waals surface area contributed by atoms with E-state index in [-0.39, 0.29) is 11.8 Å². The molecule has 0 aromatic carbocycles. The molecule has 1 saturated heterocycles. The van der Waals surface area contributed by atoms with Crippen molar-refractivity contribution in [3.63, 3.8) is 0 Å². The molecule has 1 aliphatic rings. The van der Waals surface area contributed by atoms with Crippen molar-refractivity contribution < 1.29 is 4.79 Å². The molecule has 7 heteroatoms. The lowest BCUT2D eigenvalue weighted by molar-refractivity contribution is -0.125. The number of hydrogen-bond acceptors (Lipinski definition) is 5. The fourth-order valence-electron chi connectivity index (χ4n) is 2.62. The van der Waals surface area contributed by atoms with Gasteiger partial charge >= 0.3 is 0 Å². The highest BCUT2D eigenvalue weighted by atomic mass is 35.5. The number of anilines is 1. The van der Waals surface area contributed by atoms with Crippen molar-refractivity contribution in [2.24, 2.45) is 5.92 Å². The Labute approximate surface area is 138 Å². The zero-order chi connectivity index (χ0) is 15.4. The molecule has 0 spiro atoms. The van der Waals surface area contributed by atoms with Crippen molar-refractivity contribution >= 4 is 34.7 Å². The molecule has 3 rings (SSSR count). The van der Waals surface area contributed by atoms with E-state index in [2.05, 4.69) is 20.2 Å². The van der Waals surface area contributed by atoms with Crippen LogP contribution in [-0.4, -0.2) is 29.0 Å². The van der Waals surface area contributed by atoms with E-state index in [4.69, 9.17) is 11.6 Å². The van der Waals surface area contributed by atoms with Crippen LogP contribution in [0.25, 0.3) is 0 Å². The number of aromatic nitrogens is 2. The highest BCUT2D eigenvalue weighted by molar-refractivity contribution is 7.16. The molecule has 1 amide bonds. The van der Waals surface area contributed by atoms with Crippen LogP contribution in [0.4, 0.5) is 5.82 Å². The average Bonchev–Trinajstić information content (AvgIpc) is 2.99. The SMILES string of the molecule is O=C(NCc1ccc(Cl)s1)[C@H]1CCCN(c2cnccn2)C1. The van der Waals surface area contributed by atoms with Gasteiger partial charge in [0.25, 0.3) is 0 Å². The Morgan fingerprint density at radius 3 is 3.09 bits per heavy atom. The Kier molecular flexibility index (Phi) is 4.90. The zero-order valence-corrected chi connectivity index (χ0v) is 13.6. The molecule has 0 radical (unpaired) electrons. The summed E-state index contributed by atoms with van der Waals surface area (Å²) in [5.41, 5.74) is 0. The number of nitrogens with one attached hydrogen (secondary N) is 1. The monoisotopic (exact) mass is 336 g/mol. The van der Waals surface area contributed by atoms with Gasteiger partial charge in [0, 0.05) is 30.4 Å². The lowest BCUT2D eigenvalue weighted by Gasteiger charge is -2.32. The van der Waals surface area contributed by atoms with Crippen LogP contribution in [0.2, 0.25) is 4.34 Å². The van der Waals surface area contributed by atoms with Gasteiger partial charge in [0.15, 0.2) is 0 Å². The van der Waals surface area contributed by atoms with Gasteiger partial charge in [0.05, 0.1) is 23.0 Å². The third kappa shape index (κ3) is 3.75. The van der Waals surface area contributed by atoms with E-state index in [1.807, 2.05) is 12.1 Å². The first kappa shape index (κ1) is 15.2. The summed E-state index contributed by atoms with van der Waals surface area (Å²) in [5.74, 6) is 0.925. The third-order valence-corrected chi connectivity index (χ3v) is 4.96. The standard InChI is InChI=1S/C15H17ClN4OS/c16-13-4-3-12(22-13)8-19-15(21)11-2-1-7-20(10-11)14-9-17-5-6-18-14/h3-6,9,11H,1-2,7-8,10H2,(H,19,21)/t11-/m0/s1. The van der Waals surface area contributed by atoms with E-state index in [0.717, 1.165) is 34.4 Å². The van der Waals surface area contributed by atoms with Crippen molar-refractivity contribution in [1.29, 1.82) is 0 Å². The van der Waals surface area contributed by atoms with E-state index in [0.29, 0.717) is 13.1 Å².